The van der Waals surface area contributed by atoms with Gasteiger partial charge >= 0.3 is 0 Å². The zero-order valence-corrected chi connectivity index (χ0v) is 14.7. The number of ether oxygens (including phenoxy) is 1. The molecule has 0 radical (unpaired) electrons. The number of para-hydroxylation sites is 1. The number of hydrogen-bond donors (Lipinski definition) is 2. The fourth-order valence-electron chi connectivity index (χ4n) is 3.40. The van der Waals surface area contributed by atoms with Gasteiger partial charge in [-0.25, -0.2) is 4.90 Å². The molecule has 0 bridgehead atoms. The predicted molar refractivity (Wildman–Crippen MR) is 104 cm³/mol. The van der Waals surface area contributed by atoms with E-state index in [1.165, 1.54) is 4.90 Å². The summed E-state index contributed by atoms with van der Waals surface area (Å²) >= 11 is 0. The molecule has 138 valence electrons. The van der Waals surface area contributed by atoms with E-state index in [0.717, 1.165) is 11.4 Å². The summed E-state index contributed by atoms with van der Waals surface area (Å²) in [4.78, 5) is 26.8. The van der Waals surface area contributed by atoms with E-state index in [4.69, 9.17) is 4.74 Å². The van der Waals surface area contributed by atoms with Gasteiger partial charge in [-0.15, -0.1) is 0 Å². The Morgan fingerprint density at radius 1 is 0.821 bits per heavy atom. The third-order valence-corrected chi connectivity index (χ3v) is 4.90. The Balaban J connectivity index is 1.40. The summed E-state index contributed by atoms with van der Waals surface area (Å²) in [6.45, 7) is 0. The molecule has 2 atom stereocenters. The number of fused-ring (bicyclic) bond motifs is 1. The number of carbonyl (C=O) groups is 2. The first-order valence-corrected chi connectivity index (χ1v) is 8.90. The largest absolute Gasteiger partial charge is 0.366 e. The van der Waals surface area contributed by atoms with Gasteiger partial charge in [-0.2, -0.15) is 0 Å². The van der Waals surface area contributed by atoms with Crippen LogP contribution in [0, 0.1) is 0 Å². The van der Waals surface area contributed by atoms with Crippen LogP contribution in [0.3, 0.4) is 0 Å². The van der Waals surface area contributed by atoms with Crippen LogP contribution < -0.4 is 10.2 Å². The maximum atomic E-state index is 12.8. The van der Waals surface area contributed by atoms with Gasteiger partial charge in [0.25, 0.3) is 11.8 Å². The van der Waals surface area contributed by atoms with Gasteiger partial charge in [-0.3, -0.25) is 9.59 Å². The Labute approximate surface area is 161 Å². The van der Waals surface area contributed by atoms with E-state index < -0.39 is 12.4 Å². The average molecular weight is 372 g/mol. The zero-order valence-electron chi connectivity index (χ0n) is 14.7. The summed E-state index contributed by atoms with van der Waals surface area (Å²) in [5.41, 5.74) is 3.69. The SMILES string of the molecule is O=C1c2ccc(C3OC3O)cc2C(=O)N1c1ccc(Nc2ccccc2)cc1. The molecule has 28 heavy (non-hydrogen) atoms. The summed E-state index contributed by atoms with van der Waals surface area (Å²) < 4.78 is 5.04. The fourth-order valence-corrected chi connectivity index (χ4v) is 3.40. The lowest BCUT2D eigenvalue weighted by Crippen LogP contribution is -2.29. The van der Waals surface area contributed by atoms with E-state index in [0.29, 0.717) is 22.4 Å². The van der Waals surface area contributed by atoms with Crippen molar-refractivity contribution in [2.45, 2.75) is 12.4 Å². The molecular weight excluding hydrogens is 356 g/mol. The predicted octanol–water partition coefficient (Wildman–Crippen LogP) is 3.62. The highest BCUT2D eigenvalue weighted by Crippen LogP contribution is 2.39. The number of benzene rings is 3. The standard InChI is InChI=1S/C22H16N2O4/c25-20-17-11-6-13(19-22(27)28-19)12-18(17)21(26)24(20)16-9-7-15(8-10-16)23-14-4-2-1-3-5-14/h1-12,19,22-23,27H. The summed E-state index contributed by atoms with van der Waals surface area (Å²) in [6, 6.07) is 21.8. The summed E-state index contributed by atoms with van der Waals surface area (Å²) in [6.07, 6.45) is -1.27. The van der Waals surface area contributed by atoms with Crippen molar-refractivity contribution in [1.82, 2.24) is 0 Å². The third-order valence-electron chi connectivity index (χ3n) is 4.90. The number of rotatable bonds is 4. The van der Waals surface area contributed by atoms with Crippen molar-refractivity contribution < 1.29 is 19.4 Å². The van der Waals surface area contributed by atoms with Crippen LogP contribution in [0.15, 0.2) is 72.8 Å². The number of carbonyl (C=O) groups excluding carboxylic acids is 2. The van der Waals surface area contributed by atoms with Gasteiger partial charge in [0.2, 0.25) is 0 Å². The van der Waals surface area contributed by atoms with Crippen molar-refractivity contribution in [1.29, 1.82) is 0 Å². The number of aliphatic hydroxyl groups is 1. The molecule has 2 N–H and O–H groups in total. The van der Waals surface area contributed by atoms with Crippen LogP contribution in [0.4, 0.5) is 17.1 Å². The number of aliphatic hydroxyl groups excluding tert-OH is 1. The van der Waals surface area contributed by atoms with Crippen LogP contribution >= 0.6 is 0 Å². The Morgan fingerprint density at radius 2 is 1.46 bits per heavy atom. The summed E-state index contributed by atoms with van der Waals surface area (Å²) in [5, 5.41) is 12.7. The van der Waals surface area contributed by atoms with Crippen molar-refractivity contribution in [3.05, 3.63) is 89.5 Å². The first kappa shape index (κ1) is 16.7. The van der Waals surface area contributed by atoms with Gasteiger partial charge in [0.1, 0.15) is 6.10 Å². The lowest BCUT2D eigenvalue weighted by atomic mass is 10.0. The average Bonchev–Trinajstić information content (AvgIpc) is 3.40. The topological polar surface area (TPSA) is 82.2 Å². The first-order chi connectivity index (χ1) is 13.6. The number of anilines is 3. The monoisotopic (exact) mass is 372 g/mol. The number of epoxide rings is 1. The smallest absolute Gasteiger partial charge is 0.266 e. The van der Waals surface area contributed by atoms with E-state index >= 15 is 0 Å². The second-order valence-corrected chi connectivity index (χ2v) is 6.74. The molecule has 0 aliphatic carbocycles. The quantitative estimate of drug-likeness (QED) is 0.540. The Kier molecular flexibility index (Phi) is 3.75. The maximum Gasteiger partial charge on any atom is 0.266 e. The second-order valence-electron chi connectivity index (χ2n) is 6.74. The molecule has 2 heterocycles. The molecule has 6 nitrogen and oxygen atoms in total. The van der Waals surface area contributed by atoms with Crippen molar-refractivity contribution >= 4 is 28.9 Å². The molecule has 2 amide bonds. The Morgan fingerprint density at radius 3 is 2.14 bits per heavy atom. The first-order valence-electron chi connectivity index (χ1n) is 8.90. The minimum atomic E-state index is -0.842. The molecule has 0 spiro atoms. The van der Waals surface area contributed by atoms with Gasteiger partial charge < -0.3 is 15.2 Å². The van der Waals surface area contributed by atoms with Crippen LogP contribution in [0.1, 0.15) is 32.4 Å². The lowest BCUT2D eigenvalue weighted by molar-refractivity contribution is 0.0926. The zero-order chi connectivity index (χ0) is 19.3. The van der Waals surface area contributed by atoms with Crippen LogP contribution in [-0.4, -0.2) is 23.2 Å². The van der Waals surface area contributed by atoms with E-state index in [1.54, 1.807) is 30.3 Å². The minimum absolute atomic E-state index is 0.330. The fraction of sp³-hybridized carbons (Fsp3) is 0.0909. The Hall–Kier alpha value is -3.48. The van der Waals surface area contributed by atoms with Gasteiger partial charge in [-0.1, -0.05) is 24.3 Å². The number of imide groups is 1. The normalized spacial score (nSPS) is 20.2. The molecule has 6 heteroatoms. The number of amides is 2. The third kappa shape index (κ3) is 2.76. The summed E-state index contributed by atoms with van der Waals surface area (Å²) in [7, 11) is 0. The van der Waals surface area contributed by atoms with E-state index in [9.17, 15) is 14.7 Å². The molecule has 1 fully saturated rings. The number of nitrogens with zero attached hydrogens (tertiary/aromatic N) is 1. The highest BCUT2D eigenvalue weighted by molar-refractivity contribution is 6.34. The summed E-state index contributed by atoms with van der Waals surface area (Å²) in [5.74, 6) is -0.728. The van der Waals surface area contributed by atoms with Gasteiger partial charge in [0, 0.05) is 11.4 Å². The number of hydrogen-bond acceptors (Lipinski definition) is 5. The molecule has 2 aliphatic rings. The molecule has 2 aliphatic heterocycles. The van der Waals surface area contributed by atoms with Crippen LogP contribution in [-0.2, 0) is 4.74 Å². The maximum absolute atomic E-state index is 12.8. The van der Waals surface area contributed by atoms with Crippen molar-refractivity contribution in [3.8, 4) is 0 Å². The van der Waals surface area contributed by atoms with Crippen molar-refractivity contribution in [2.24, 2.45) is 0 Å². The van der Waals surface area contributed by atoms with E-state index in [2.05, 4.69) is 5.32 Å². The number of nitrogens with one attached hydrogen (secondary N) is 1. The van der Waals surface area contributed by atoms with Crippen LogP contribution in [0.25, 0.3) is 0 Å². The molecule has 3 aromatic rings. The lowest BCUT2D eigenvalue weighted by Gasteiger charge is -2.15. The van der Waals surface area contributed by atoms with Crippen molar-refractivity contribution in [3.63, 3.8) is 0 Å². The highest BCUT2D eigenvalue weighted by atomic mass is 16.7. The van der Waals surface area contributed by atoms with Crippen molar-refractivity contribution in [2.75, 3.05) is 10.2 Å². The van der Waals surface area contributed by atoms with Crippen LogP contribution in [0.2, 0.25) is 0 Å². The van der Waals surface area contributed by atoms with Gasteiger partial charge in [-0.05, 0) is 54.1 Å². The highest BCUT2D eigenvalue weighted by Gasteiger charge is 2.42. The van der Waals surface area contributed by atoms with Crippen LogP contribution in [0.5, 0.6) is 0 Å². The molecule has 5 rings (SSSR count). The van der Waals surface area contributed by atoms with Gasteiger partial charge in [0.05, 0.1) is 16.8 Å². The van der Waals surface area contributed by atoms with E-state index in [1.807, 2.05) is 42.5 Å². The second kappa shape index (κ2) is 6.30. The molecule has 0 saturated carbocycles. The Bertz CT molecular complexity index is 1080. The van der Waals surface area contributed by atoms with Gasteiger partial charge in [0.15, 0.2) is 6.29 Å². The molecule has 3 aromatic carbocycles. The molecule has 1 saturated heterocycles. The molecule has 2 unspecified atom stereocenters. The minimum Gasteiger partial charge on any atom is -0.366 e. The molecular formula is C22H16N2O4. The molecule has 0 aromatic heterocycles. The van der Waals surface area contributed by atoms with E-state index in [-0.39, 0.29) is 11.8 Å².